The summed E-state index contributed by atoms with van der Waals surface area (Å²) >= 11 is 0. The van der Waals surface area contributed by atoms with Crippen LogP contribution in [-0.4, -0.2) is 35.1 Å². The molecule has 1 fully saturated rings. The Labute approximate surface area is 119 Å². The van der Waals surface area contributed by atoms with Gasteiger partial charge >= 0.3 is 0 Å². The number of nitrogens with one attached hydrogen (secondary N) is 1. The van der Waals surface area contributed by atoms with Crippen molar-refractivity contribution in [2.75, 3.05) is 19.0 Å². The standard InChI is InChI=1S/C15H23N5/c1-15(9-5-4-6-11(15)16)14-17-10-7-8-12(20(2)3)18-13(10)19-14/h7-8,11H,4-6,9,16H2,1-3H3,(H,17,18,19). The molecular weight excluding hydrogens is 250 g/mol. The lowest BCUT2D eigenvalue weighted by atomic mass is 9.71. The van der Waals surface area contributed by atoms with Crippen LogP contribution in [0.2, 0.25) is 0 Å². The summed E-state index contributed by atoms with van der Waals surface area (Å²) in [4.78, 5) is 14.7. The van der Waals surface area contributed by atoms with E-state index in [1.165, 1.54) is 12.8 Å². The summed E-state index contributed by atoms with van der Waals surface area (Å²) in [5.41, 5.74) is 8.07. The monoisotopic (exact) mass is 273 g/mol. The number of pyridine rings is 1. The zero-order chi connectivity index (χ0) is 14.3. The van der Waals surface area contributed by atoms with E-state index in [1.807, 2.05) is 31.1 Å². The predicted molar refractivity (Wildman–Crippen MR) is 82.0 cm³/mol. The van der Waals surface area contributed by atoms with E-state index >= 15 is 0 Å². The largest absolute Gasteiger partial charge is 0.363 e. The topological polar surface area (TPSA) is 70.8 Å². The van der Waals surface area contributed by atoms with Crippen LogP contribution in [-0.2, 0) is 5.41 Å². The number of aromatic nitrogens is 3. The molecule has 0 bridgehead atoms. The highest BCUT2D eigenvalue weighted by molar-refractivity contribution is 5.73. The zero-order valence-corrected chi connectivity index (χ0v) is 12.5. The van der Waals surface area contributed by atoms with Crippen molar-refractivity contribution in [2.45, 2.75) is 44.1 Å². The highest BCUT2D eigenvalue weighted by Crippen LogP contribution is 2.37. The minimum Gasteiger partial charge on any atom is -0.363 e. The van der Waals surface area contributed by atoms with Crippen LogP contribution in [0.15, 0.2) is 12.1 Å². The number of H-pyrrole nitrogens is 1. The second kappa shape index (κ2) is 4.74. The second-order valence-electron chi connectivity index (χ2n) is 6.29. The predicted octanol–water partition coefficient (Wildman–Crippen LogP) is 2.18. The van der Waals surface area contributed by atoms with Gasteiger partial charge in [-0.1, -0.05) is 19.8 Å². The number of anilines is 1. The molecule has 2 unspecified atom stereocenters. The van der Waals surface area contributed by atoms with E-state index < -0.39 is 0 Å². The smallest absolute Gasteiger partial charge is 0.179 e. The van der Waals surface area contributed by atoms with Gasteiger partial charge in [0.15, 0.2) is 5.65 Å². The summed E-state index contributed by atoms with van der Waals surface area (Å²) in [5.74, 6) is 1.91. The van der Waals surface area contributed by atoms with Gasteiger partial charge in [-0.05, 0) is 25.0 Å². The van der Waals surface area contributed by atoms with Crippen molar-refractivity contribution in [1.29, 1.82) is 0 Å². The highest BCUT2D eigenvalue weighted by Gasteiger charge is 2.38. The molecule has 0 saturated heterocycles. The molecule has 2 aromatic rings. The molecule has 108 valence electrons. The third-order valence-electron chi connectivity index (χ3n) is 4.61. The number of imidazole rings is 1. The number of hydrogen-bond acceptors (Lipinski definition) is 4. The summed E-state index contributed by atoms with van der Waals surface area (Å²) < 4.78 is 0. The Morgan fingerprint density at radius 1 is 1.30 bits per heavy atom. The molecule has 0 radical (unpaired) electrons. The lowest BCUT2D eigenvalue weighted by Crippen LogP contribution is -2.46. The van der Waals surface area contributed by atoms with E-state index in [0.717, 1.165) is 35.6 Å². The lowest BCUT2D eigenvalue weighted by molar-refractivity contribution is 0.260. The second-order valence-corrected chi connectivity index (χ2v) is 6.29. The maximum atomic E-state index is 6.36. The van der Waals surface area contributed by atoms with Crippen molar-refractivity contribution in [3.63, 3.8) is 0 Å². The highest BCUT2D eigenvalue weighted by atomic mass is 15.2. The minimum absolute atomic E-state index is 0.0583. The Balaban J connectivity index is 2.04. The molecule has 3 N–H and O–H groups in total. The van der Waals surface area contributed by atoms with Crippen molar-refractivity contribution >= 4 is 17.0 Å². The molecule has 1 saturated carbocycles. The third-order valence-corrected chi connectivity index (χ3v) is 4.61. The third kappa shape index (κ3) is 2.06. The molecule has 5 heteroatoms. The molecule has 1 aliphatic carbocycles. The van der Waals surface area contributed by atoms with Crippen molar-refractivity contribution in [2.24, 2.45) is 5.73 Å². The summed E-state index contributed by atoms with van der Waals surface area (Å²) in [5, 5.41) is 0. The van der Waals surface area contributed by atoms with Crippen molar-refractivity contribution in [3.8, 4) is 0 Å². The van der Waals surface area contributed by atoms with E-state index in [1.54, 1.807) is 0 Å². The van der Waals surface area contributed by atoms with Crippen LogP contribution in [0.4, 0.5) is 5.82 Å². The summed E-state index contributed by atoms with van der Waals surface area (Å²) in [6, 6.07) is 4.23. The van der Waals surface area contributed by atoms with Crippen molar-refractivity contribution < 1.29 is 0 Å². The SMILES string of the molecule is CN(C)c1ccc2[nH]c(C3(C)CCCCC3N)nc2n1. The van der Waals surface area contributed by atoms with E-state index in [-0.39, 0.29) is 11.5 Å². The Hall–Kier alpha value is -1.62. The van der Waals surface area contributed by atoms with Gasteiger partial charge in [-0.3, -0.25) is 0 Å². The fourth-order valence-corrected chi connectivity index (χ4v) is 3.06. The van der Waals surface area contributed by atoms with Crippen LogP contribution in [0.25, 0.3) is 11.2 Å². The minimum atomic E-state index is -0.0583. The molecule has 0 aliphatic heterocycles. The van der Waals surface area contributed by atoms with E-state index in [2.05, 4.69) is 16.9 Å². The lowest BCUT2D eigenvalue weighted by Gasteiger charge is -2.37. The number of nitrogens with two attached hydrogens (primary N) is 1. The number of aromatic amines is 1. The number of rotatable bonds is 2. The normalized spacial score (nSPS) is 26.9. The molecule has 1 aliphatic rings. The first-order valence-electron chi connectivity index (χ1n) is 7.31. The van der Waals surface area contributed by atoms with Gasteiger partial charge in [0.1, 0.15) is 11.6 Å². The molecule has 2 aromatic heterocycles. The first-order valence-corrected chi connectivity index (χ1v) is 7.31. The van der Waals surface area contributed by atoms with Gasteiger partial charge in [-0.2, -0.15) is 0 Å². The maximum absolute atomic E-state index is 6.36. The Morgan fingerprint density at radius 2 is 2.10 bits per heavy atom. The quantitative estimate of drug-likeness (QED) is 0.880. The number of hydrogen-bond donors (Lipinski definition) is 2. The van der Waals surface area contributed by atoms with Gasteiger partial charge < -0.3 is 15.6 Å². The van der Waals surface area contributed by atoms with Gasteiger partial charge in [-0.15, -0.1) is 0 Å². The van der Waals surface area contributed by atoms with Crippen LogP contribution in [0, 0.1) is 0 Å². The van der Waals surface area contributed by atoms with E-state index in [4.69, 9.17) is 10.7 Å². The van der Waals surface area contributed by atoms with Crippen LogP contribution >= 0.6 is 0 Å². The Bertz CT molecular complexity index is 618. The van der Waals surface area contributed by atoms with Crippen molar-refractivity contribution in [3.05, 3.63) is 18.0 Å². The van der Waals surface area contributed by atoms with Crippen LogP contribution < -0.4 is 10.6 Å². The molecule has 0 aromatic carbocycles. The van der Waals surface area contributed by atoms with Crippen molar-refractivity contribution in [1.82, 2.24) is 15.0 Å². The zero-order valence-electron chi connectivity index (χ0n) is 12.5. The molecule has 0 spiro atoms. The number of fused-ring (bicyclic) bond motifs is 1. The molecule has 2 atom stereocenters. The Kier molecular flexibility index (Phi) is 3.17. The maximum Gasteiger partial charge on any atom is 0.179 e. The molecule has 5 nitrogen and oxygen atoms in total. The Morgan fingerprint density at radius 3 is 2.80 bits per heavy atom. The van der Waals surface area contributed by atoms with Crippen LogP contribution in [0.5, 0.6) is 0 Å². The first-order chi connectivity index (χ1) is 9.50. The average molecular weight is 273 g/mol. The molecule has 20 heavy (non-hydrogen) atoms. The molecule has 2 heterocycles. The fourth-order valence-electron chi connectivity index (χ4n) is 3.06. The van der Waals surface area contributed by atoms with Gasteiger partial charge in [0.25, 0.3) is 0 Å². The summed E-state index contributed by atoms with van der Waals surface area (Å²) in [7, 11) is 3.97. The number of nitrogens with zero attached hydrogens (tertiary/aromatic N) is 3. The van der Waals surface area contributed by atoms with Gasteiger partial charge in [-0.25, -0.2) is 9.97 Å². The van der Waals surface area contributed by atoms with Gasteiger partial charge in [0.05, 0.1) is 5.52 Å². The van der Waals surface area contributed by atoms with Crippen LogP contribution in [0.1, 0.15) is 38.4 Å². The van der Waals surface area contributed by atoms with E-state index in [9.17, 15) is 0 Å². The summed E-state index contributed by atoms with van der Waals surface area (Å²) in [6.45, 7) is 2.22. The first kappa shape index (κ1) is 13.4. The van der Waals surface area contributed by atoms with Gasteiger partial charge in [0.2, 0.25) is 0 Å². The molecule has 0 amide bonds. The molecule has 3 rings (SSSR count). The van der Waals surface area contributed by atoms with E-state index in [0.29, 0.717) is 0 Å². The van der Waals surface area contributed by atoms with Crippen LogP contribution in [0.3, 0.4) is 0 Å². The van der Waals surface area contributed by atoms with Gasteiger partial charge in [0, 0.05) is 25.6 Å². The molecular formula is C15H23N5. The summed E-state index contributed by atoms with van der Waals surface area (Å²) in [6.07, 6.45) is 4.61. The average Bonchev–Trinajstić information content (AvgIpc) is 2.85. The fraction of sp³-hybridized carbons (Fsp3) is 0.600.